The number of nitro benzene ring substituents is 1. The first kappa shape index (κ1) is 20.0. The lowest BCUT2D eigenvalue weighted by atomic mass is 10.2. The van der Waals surface area contributed by atoms with E-state index in [0.29, 0.717) is 22.2 Å². The number of non-ortho nitro benzene ring substituents is 1. The van der Waals surface area contributed by atoms with Crippen LogP contribution in [0.25, 0.3) is 11.4 Å². The van der Waals surface area contributed by atoms with Gasteiger partial charge in [0, 0.05) is 17.7 Å². The first-order chi connectivity index (χ1) is 14.0. The van der Waals surface area contributed by atoms with Crippen LogP contribution in [0.4, 0.5) is 11.4 Å². The van der Waals surface area contributed by atoms with Crippen LogP contribution in [-0.4, -0.2) is 44.8 Å². The number of para-hydroxylation sites is 1. The van der Waals surface area contributed by atoms with Gasteiger partial charge in [0.15, 0.2) is 5.82 Å². The second-order valence-corrected chi connectivity index (χ2v) is 6.59. The number of amides is 1. The maximum Gasteiger partial charge on any atom is 0.339 e. The molecule has 1 amide bonds. The van der Waals surface area contributed by atoms with Crippen molar-refractivity contribution < 1.29 is 19.2 Å². The first-order valence-corrected chi connectivity index (χ1v) is 9.23. The van der Waals surface area contributed by atoms with Gasteiger partial charge < -0.3 is 10.1 Å². The molecule has 0 spiro atoms. The molecule has 0 fully saturated rings. The van der Waals surface area contributed by atoms with Crippen molar-refractivity contribution in [3.8, 4) is 11.4 Å². The number of esters is 1. The Kier molecular flexibility index (Phi) is 6.19. The molecule has 0 aliphatic rings. The summed E-state index contributed by atoms with van der Waals surface area (Å²) in [6.45, 7) is 0. The number of methoxy groups -OCH3 is 1. The molecule has 0 atom stereocenters. The number of rotatable bonds is 7. The molecule has 0 saturated carbocycles. The van der Waals surface area contributed by atoms with Crippen molar-refractivity contribution in [2.24, 2.45) is 0 Å². The summed E-state index contributed by atoms with van der Waals surface area (Å²) in [5.41, 5.74) is 1.04. The zero-order chi connectivity index (χ0) is 20.8. The van der Waals surface area contributed by atoms with Crippen molar-refractivity contribution >= 4 is 35.0 Å². The Balaban J connectivity index is 1.63. The topological polar surface area (TPSA) is 140 Å². The van der Waals surface area contributed by atoms with Crippen molar-refractivity contribution in [1.82, 2.24) is 15.2 Å². The monoisotopic (exact) mass is 413 g/mol. The number of thioether (sulfide) groups is 1. The average molecular weight is 413 g/mol. The molecule has 0 radical (unpaired) electrons. The third kappa shape index (κ3) is 4.96. The van der Waals surface area contributed by atoms with Gasteiger partial charge in [-0.25, -0.2) is 9.78 Å². The van der Waals surface area contributed by atoms with E-state index in [1.165, 1.54) is 19.2 Å². The summed E-state index contributed by atoms with van der Waals surface area (Å²) in [4.78, 5) is 38.6. The van der Waals surface area contributed by atoms with Gasteiger partial charge in [-0.05, 0) is 12.1 Å². The van der Waals surface area contributed by atoms with Crippen molar-refractivity contribution in [3.05, 3.63) is 64.2 Å². The van der Waals surface area contributed by atoms with Gasteiger partial charge in [0.25, 0.3) is 5.69 Å². The number of benzene rings is 2. The van der Waals surface area contributed by atoms with Crippen LogP contribution in [0, 0.1) is 10.1 Å². The third-order valence-electron chi connectivity index (χ3n) is 3.73. The molecule has 1 aromatic heterocycles. The average Bonchev–Trinajstić information content (AvgIpc) is 3.21. The number of hydrogen-bond acceptors (Lipinski definition) is 8. The van der Waals surface area contributed by atoms with E-state index < -0.39 is 10.9 Å². The molecule has 10 nitrogen and oxygen atoms in total. The van der Waals surface area contributed by atoms with Crippen LogP contribution in [0.3, 0.4) is 0 Å². The summed E-state index contributed by atoms with van der Waals surface area (Å²) in [6.07, 6.45) is 0. The number of H-pyrrole nitrogens is 1. The smallest absolute Gasteiger partial charge is 0.339 e. The summed E-state index contributed by atoms with van der Waals surface area (Å²) in [7, 11) is 1.26. The predicted octanol–water partition coefficient (Wildman–Crippen LogP) is 2.90. The van der Waals surface area contributed by atoms with E-state index in [1.807, 2.05) is 0 Å². The van der Waals surface area contributed by atoms with E-state index in [0.717, 1.165) is 11.8 Å². The molecular formula is C18H15N5O5S. The van der Waals surface area contributed by atoms with Crippen LogP contribution < -0.4 is 5.32 Å². The van der Waals surface area contributed by atoms with Gasteiger partial charge >= 0.3 is 5.97 Å². The highest BCUT2D eigenvalue weighted by Gasteiger charge is 2.15. The van der Waals surface area contributed by atoms with E-state index in [2.05, 4.69) is 20.5 Å². The second kappa shape index (κ2) is 8.97. The van der Waals surface area contributed by atoms with E-state index in [1.54, 1.807) is 36.4 Å². The SMILES string of the molecule is COC(=O)c1ccccc1NC(=O)CSc1n[nH]c(-c2cccc([N+](=O)[O-])c2)n1. The molecule has 1 heterocycles. The van der Waals surface area contributed by atoms with Crippen molar-refractivity contribution in [1.29, 1.82) is 0 Å². The minimum absolute atomic E-state index is 0.00172. The molecule has 29 heavy (non-hydrogen) atoms. The maximum atomic E-state index is 12.2. The van der Waals surface area contributed by atoms with Gasteiger partial charge in [-0.2, -0.15) is 0 Å². The van der Waals surface area contributed by atoms with Crippen molar-refractivity contribution in [2.75, 3.05) is 18.2 Å². The van der Waals surface area contributed by atoms with Gasteiger partial charge in [0.1, 0.15) is 0 Å². The first-order valence-electron chi connectivity index (χ1n) is 8.25. The highest BCUT2D eigenvalue weighted by Crippen LogP contribution is 2.23. The lowest BCUT2D eigenvalue weighted by molar-refractivity contribution is -0.384. The van der Waals surface area contributed by atoms with E-state index in [9.17, 15) is 19.7 Å². The number of aromatic nitrogens is 3. The third-order valence-corrected chi connectivity index (χ3v) is 4.58. The molecular weight excluding hydrogens is 398 g/mol. The molecule has 0 bridgehead atoms. The van der Waals surface area contributed by atoms with Crippen molar-refractivity contribution in [3.63, 3.8) is 0 Å². The number of carbonyl (C=O) groups excluding carboxylic acids is 2. The minimum Gasteiger partial charge on any atom is -0.465 e. The molecule has 2 N–H and O–H groups in total. The molecule has 0 saturated heterocycles. The summed E-state index contributed by atoms with van der Waals surface area (Å²) in [5.74, 6) is -0.549. The quantitative estimate of drug-likeness (QED) is 0.261. The number of nitro groups is 1. The van der Waals surface area contributed by atoms with Gasteiger partial charge in [-0.1, -0.05) is 36.0 Å². The van der Waals surface area contributed by atoms with Crippen LogP contribution in [0.15, 0.2) is 53.7 Å². The van der Waals surface area contributed by atoms with Crippen molar-refractivity contribution in [2.45, 2.75) is 5.16 Å². The Morgan fingerprint density at radius 2 is 2.03 bits per heavy atom. The zero-order valence-corrected chi connectivity index (χ0v) is 15.9. The lowest BCUT2D eigenvalue weighted by Crippen LogP contribution is -2.17. The second-order valence-electron chi connectivity index (χ2n) is 5.65. The Morgan fingerprint density at radius 3 is 2.79 bits per heavy atom. The fourth-order valence-corrected chi connectivity index (χ4v) is 3.00. The summed E-state index contributed by atoms with van der Waals surface area (Å²) < 4.78 is 4.69. The maximum absolute atomic E-state index is 12.2. The Labute approximate surface area is 168 Å². The zero-order valence-electron chi connectivity index (χ0n) is 15.1. The molecule has 0 unspecified atom stereocenters. The fourth-order valence-electron chi connectivity index (χ4n) is 2.40. The van der Waals surface area contributed by atoms with E-state index in [-0.39, 0.29) is 22.9 Å². The summed E-state index contributed by atoms with van der Waals surface area (Å²) in [6, 6.07) is 12.5. The highest BCUT2D eigenvalue weighted by atomic mass is 32.2. The number of aromatic amines is 1. The molecule has 3 rings (SSSR count). The summed E-state index contributed by atoms with van der Waals surface area (Å²) in [5, 5.41) is 20.5. The van der Waals surface area contributed by atoms with Gasteiger partial charge in [-0.15, -0.1) is 5.10 Å². The van der Waals surface area contributed by atoms with Gasteiger partial charge in [-0.3, -0.25) is 20.0 Å². The number of nitrogens with one attached hydrogen (secondary N) is 2. The molecule has 11 heteroatoms. The molecule has 2 aromatic carbocycles. The predicted molar refractivity (Wildman–Crippen MR) is 106 cm³/mol. The number of carbonyl (C=O) groups is 2. The standard InChI is InChI=1S/C18H15N5O5S/c1-28-17(25)13-7-2-3-8-14(13)19-15(24)10-29-18-20-16(21-22-18)11-5-4-6-12(9-11)23(26)27/h2-9H,10H2,1H3,(H,19,24)(H,20,21,22). The van der Waals surface area contributed by atoms with Crippen LogP contribution in [0.2, 0.25) is 0 Å². The Morgan fingerprint density at radius 1 is 1.24 bits per heavy atom. The van der Waals surface area contributed by atoms with E-state index in [4.69, 9.17) is 4.74 Å². The summed E-state index contributed by atoms with van der Waals surface area (Å²) >= 11 is 1.08. The van der Waals surface area contributed by atoms with E-state index >= 15 is 0 Å². The number of hydrogen-bond donors (Lipinski definition) is 2. The minimum atomic E-state index is -0.552. The number of ether oxygens (including phenoxy) is 1. The normalized spacial score (nSPS) is 10.4. The molecule has 0 aliphatic heterocycles. The van der Waals surface area contributed by atoms with Crippen LogP contribution in [-0.2, 0) is 9.53 Å². The lowest BCUT2D eigenvalue weighted by Gasteiger charge is -2.08. The number of nitrogens with zero attached hydrogens (tertiary/aromatic N) is 3. The largest absolute Gasteiger partial charge is 0.465 e. The van der Waals surface area contributed by atoms with Crippen LogP contribution >= 0.6 is 11.8 Å². The molecule has 0 aliphatic carbocycles. The van der Waals surface area contributed by atoms with Gasteiger partial charge in [0.2, 0.25) is 11.1 Å². The van der Waals surface area contributed by atoms with Gasteiger partial charge in [0.05, 0.1) is 29.0 Å². The molecule has 148 valence electrons. The molecule has 3 aromatic rings. The highest BCUT2D eigenvalue weighted by molar-refractivity contribution is 7.99. The number of anilines is 1. The van der Waals surface area contributed by atoms with Crippen LogP contribution in [0.1, 0.15) is 10.4 Å². The Bertz CT molecular complexity index is 1070. The fraction of sp³-hybridized carbons (Fsp3) is 0.111. The Hall–Kier alpha value is -3.73. The van der Waals surface area contributed by atoms with Crippen LogP contribution in [0.5, 0.6) is 0 Å².